The van der Waals surface area contributed by atoms with Crippen LogP contribution in [-0.4, -0.2) is 45.6 Å². The first-order valence-electron chi connectivity index (χ1n) is 8.08. The maximum atomic E-state index is 13.0. The molecule has 1 N–H and O–H groups in total. The third-order valence-corrected chi connectivity index (χ3v) is 4.78. The Kier molecular flexibility index (Phi) is 7.82. The highest BCUT2D eigenvalue weighted by atomic mass is 79.9. The molecule has 0 saturated carbocycles. The Morgan fingerprint density at radius 2 is 1.81 bits per heavy atom. The Morgan fingerprint density at radius 3 is 2.22 bits per heavy atom. The van der Waals surface area contributed by atoms with Crippen molar-refractivity contribution in [2.45, 2.75) is 39.0 Å². The summed E-state index contributed by atoms with van der Waals surface area (Å²) < 4.78 is 39.7. The molecule has 2 atom stereocenters. The Morgan fingerprint density at radius 1 is 1.30 bits per heavy atom. The molecule has 150 valence electrons. The molecule has 0 aliphatic carbocycles. The third kappa shape index (κ3) is 5.44. The fourth-order valence-corrected chi connectivity index (χ4v) is 2.89. The molecule has 1 aromatic rings. The summed E-state index contributed by atoms with van der Waals surface area (Å²) in [6.45, 7) is 12.0. The molecule has 1 rings (SSSR count). The number of amides is 2. The van der Waals surface area contributed by atoms with E-state index >= 15 is 0 Å². The number of nitrogens with one attached hydrogen (secondary N) is 1. The molecule has 0 spiro atoms. The van der Waals surface area contributed by atoms with Gasteiger partial charge < -0.3 is 10.2 Å². The molecule has 0 aliphatic heterocycles. The van der Waals surface area contributed by atoms with Gasteiger partial charge in [-0.25, -0.2) is 0 Å². The van der Waals surface area contributed by atoms with Gasteiger partial charge in [0.15, 0.2) is 5.69 Å². The predicted molar refractivity (Wildman–Crippen MR) is 99.0 cm³/mol. The number of nitrogens with zero attached hydrogens (tertiary/aromatic N) is 3. The largest absolute Gasteiger partial charge is 0.436 e. The summed E-state index contributed by atoms with van der Waals surface area (Å²) in [4.78, 5) is 26.3. The standard InChI is InChI=1S/C17H22BrF3N4O2/c1-6-8-24(9-7-2)16(27)10(3)22-15(26)12(5)25-11(4)13(18)14(23-25)17(19,20)21/h6-7,10,12H,1-2,8-9H2,3-5H3,(H,22,26). The fourth-order valence-electron chi connectivity index (χ4n) is 2.40. The lowest BCUT2D eigenvalue weighted by Crippen LogP contribution is -2.48. The van der Waals surface area contributed by atoms with E-state index in [1.807, 2.05) is 0 Å². The first-order chi connectivity index (χ1) is 12.4. The average Bonchev–Trinajstić information content (AvgIpc) is 2.88. The predicted octanol–water partition coefficient (Wildman–Crippen LogP) is 3.24. The van der Waals surface area contributed by atoms with E-state index < -0.39 is 29.9 Å². The van der Waals surface area contributed by atoms with Gasteiger partial charge in [0.05, 0.1) is 10.2 Å². The van der Waals surface area contributed by atoms with E-state index in [-0.39, 0.29) is 29.2 Å². The molecule has 2 unspecified atom stereocenters. The van der Waals surface area contributed by atoms with Crippen molar-refractivity contribution in [3.05, 3.63) is 41.2 Å². The zero-order valence-electron chi connectivity index (χ0n) is 15.3. The number of rotatable bonds is 8. The van der Waals surface area contributed by atoms with Crippen LogP contribution < -0.4 is 5.32 Å². The van der Waals surface area contributed by atoms with Crippen molar-refractivity contribution in [1.82, 2.24) is 20.0 Å². The highest BCUT2D eigenvalue weighted by molar-refractivity contribution is 9.10. The smallest absolute Gasteiger partial charge is 0.343 e. The van der Waals surface area contributed by atoms with E-state index in [4.69, 9.17) is 0 Å². The van der Waals surface area contributed by atoms with Gasteiger partial charge in [0, 0.05) is 13.1 Å². The number of alkyl halides is 3. The second kappa shape index (κ2) is 9.20. The zero-order valence-corrected chi connectivity index (χ0v) is 16.9. The number of halogens is 4. The summed E-state index contributed by atoms with van der Waals surface area (Å²) in [5.41, 5.74) is -0.948. The molecule has 0 fully saturated rings. The fraction of sp³-hybridized carbons (Fsp3) is 0.471. The van der Waals surface area contributed by atoms with Crippen LogP contribution in [0.25, 0.3) is 0 Å². The minimum atomic E-state index is -4.65. The van der Waals surface area contributed by atoms with Crippen LogP contribution in [-0.2, 0) is 15.8 Å². The summed E-state index contributed by atoms with van der Waals surface area (Å²) >= 11 is 2.87. The lowest BCUT2D eigenvalue weighted by Gasteiger charge is -2.25. The van der Waals surface area contributed by atoms with E-state index in [2.05, 4.69) is 39.5 Å². The summed E-state index contributed by atoms with van der Waals surface area (Å²) in [6, 6.07) is -1.92. The monoisotopic (exact) mass is 450 g/mol. The average molecular weight is 451 g/mol. The maximum Gasteiger partial charge on any atom is 0.436 e. The van der Waals surface area contributed by atoms with Gasteiger partial charge in [-0.2, -0.15) is 18.3 Å². The lowest BCUT2D eigenvalue weighted by molar-refractivity contribution is -0.142. The quantitative estimate of drug-likeness (QED) is 0.618. The summed E-state index contributed by atoms with van der Waals surface area (Å²) in [6.07, 6.45) is -1.56. The van der Waals surface area contributed by atoms with Crippen molar-refractivity contribution in [3.8, 4) is 0 Å². The Bertz CT molecular complexity index is 720. The number of carbonyl (C=O) groups excluding carboxylic acids is 2. The molecule has 0 aliphatic rings. The van der Waals surface area contributed by atoms with Gasteiger partial charge >= 0.3 is 6.18 Å². The first-order valence-corrected chi connectivity index (χ1v) is 8.87. The minimum absolute atomic E-state index is 0.156. The van der Waals surface area contributed by atoms with E-state index in [9.17, 15) is 22.8 Å². The molecule has 6 nitrogen and oxygen atoms in total. The molecule has 1 aromatic heterocycles. The molecule has 1 heterocycles. The second-order valence-electron chi connectivity index (χ2n) is 5.92. The highest BCUT2D eigenvalue weighted by Gasteiger charge is 2.39. The van der Waals surface area contributed by atoms with Crippen LogP contribution in [0.1, 0.15) is 31.3 Å². The van der Waals surface area contributed by atoms with Gasteiger partial charge in [-0.3, -0.25) is 14.3 Å². The minimum Gasteiger partial charge on any atom is -0.343 e. The van der Waals surface area contributed by atoms with Gasteiger partial charge in [-0.15, -0.1) is 13.2 Å². The molecule has 10 heteroatoms. The molecule has 27 heavy (non-hydrogen) atoms. The Hall–Kier alpha value is -2.10. The third-order valence-electron chi connectivity index (χ3n) is 3.83. The molecule has 0 saturated heterocycles. The molecular formula is C17H22BrF3N4O2. The Balaban J connectivity index is 2.95. The van der Waals surface area contributed by atoms with Crippen LogP contribution in [0.4, 0.5) is 13.2 Å². The van der Waals surface area contributed by atoms with Crippen LogP contribution in [0.2, 0.25) is 0 Å². The summed E-state index contributed by atoms with van der Waals surface area (Å²) in [5.74, 6) is -0.982. The van der Waals surface area contributed by atoms with Gasteiger partial charge in [0.25, 0.3) is 0 Å². The SMILES string of the molecule is C=CCN(CC=C)C(=O)C(C)NC(=O)C(C)n1nc(C(F)(F)F)c(Br)c1C. The number of hydrogen-bond acceptors (Lipinski definition) is 3. The van der Waals surface area contributed by atoms with Crippen molar-refractivity contribution in [3.63, 3.8) is 0 Å². The second-order valence-corrected chi connectivity index (χ2v) is 6.71. The maximum absolute atomic E-state index is 13.0. The molecule has 0 aromatic carbocycles. The van der Waals surface area contributed by atoms with Gasteiger partial charge in [-0.1, -0.05) is 12.2 Å². The van der Waals surface area contributed by atoms with Crippen LogP contribution >= 0.6 is 15.9 Å². The molecule has 0 radical (unpaired) electrons. The number of aromatic nitrogens is 2. The normalized spacial score (nSPS) is 13.6. The van der Waals surface area contributed by atoms with Crippen molar-refractivity contribution in [2.75, 3.05) is 13.1 Å². The van der Waals surface area contributed by atoms with E-state index in [1.54, 1.807) is 12.2 Å². The van der Waals surface area contributed by atoms with Crippen LogP contribution in [0.15, 0.2) is 29.8 Å². The molecule has 0 bridgehead atoms. The van der Waals surface area contributed by atoms with E-state index in [0.717, 1.165) is 4.68 Å². The molecular weight excluding hydrogens is 429 g/mol. The van der Waals surface area contributed by atoms with Crippen molar-refractivity contribution in [2.24, 2.45) is 0 Å². The van der Waals surface area contributed by atoms with Crippen molar-refractivity contribution in [1.29, 1.82) is 0 Å². The summed E-state index contributed by atoms with van der Waals surface area (Å²) in [7, 11) is 0. The van der Waals surface area contributed by atoms with Gasteiger partial charge in [-0.05, 0) is 36.7 Å². The van der Waals surface area contributed by atoms with E-state index in [1.165, 1.54) is 25.7 Å². The van der Waals surface area contributed by atoms with Crippen LogP contribution in [0, 0.1) is 6.92 Å². The summed E-state index contributed by atoms with van der Waals surface area (Å²) in [5, 5.41) is 6.02. The highest BCUT2D eigenvalue weighted by Crippen LogP contribution is 2.36. The number of hydrogen-bond donors (Lipinski definition) is 1. The first kappa shape index (κ1) is 22.9. The van der Waals surface area contributed by atoms with Crippen molar-refractivity contribution < 1.29 is 22.8 Å². The van der Waals surface area contributed by atoms with Gasteiger partial charge in [0.2, 0.25) is 11.8 Å². The molecule has 2 amide bonds. The van der Waals surface area contributed by atoms with Crippen molar-refractivity contribution >= 4 is 27.7 Å². The van der Waals surface area contributed by atoms with Crippen LogP contribution in [0.3, 0.4) is 0 Å². The van der Waals surface area contributed by atoms with Crippen LogP contribution in [0.5, 0.6) is 0 Å². The topological polar surface area (TPSA) is 67.2 Å². The number of carbonyl (C=O) groups is 2. The van der Waals surface area contributed by atoms with Gasteiger partial charge in [0.1, 0.15) is 12.1 Å². The zero-order chi connectivity index (χ0) is 20.9. The van der Waals surface area contributed by atoms with E-state index in [0.29, 0.717) is 0 Å². The Labute approximate surface area is 164 Å². The lowest BCUT2D eigenvalue weighted by atomic mass is 10.2.